The second kappa shape index (κ2) is 3.83. The lowest BCUT2D eigenvalue weighted by Crippen LogP contribution is -2.26. The number of rotatable bonds is 1. The first-order chi connectivity index (χ1) is 6.63. The molecule has 0 radical (unpaired) electrons. The molecule has 0 spiro atoms. The van der Waals surface area contributed by atoms with Crippen LogP contribution in [-0.4, -0.2) is 16.6 Å². The molecule has 0 aromatic heterocycles. The molecule has 1 aromatic carbocycles. The summed E-state index contributed by atoms with van der Waals surface area (Å²) >= 11 is 4.78. The normalized spacial score (nSPS) is 26.8. The summed E-state index contributed by atoms with van der Waals surface area (Å²) in [4.78, 5) is 0. The second-order valence-corrected chi connectivity index (χ2v) is 5.40. The average molecular weight is 277 g/mol. The monoisotopic (exact) mass is 276 g/mol. The van der Waals surface area contributed by atoms with E-state index in [9.17, 15) is 9.50 Å². The van der Waals surface area contributed by atoms with E-state index in [1.807, 2.05) is 0 Å². The van der Waals surface area contributed by atoms with Crippen LogP contribution < -0.4 is 0 Å². The highest BCUT2D eigenvalue weighted by Gasteiger charge is 2.36. The zero-order valence-electron chi connectivity index (χ0n) is 7.46. The summed E-state index contributed by atoms with van der Waals surface area (Å²) in [5.41, 5.74) is -0.560. The maximum atomic E-state index is 13.7. The molecule has 76 valence electrons. The standard InChI is InChI=1S/C10H10BrFOS/c11-8-3-1-2-7(9(8)12)10(13)4-5-14-6-10/h1-3,13H,4-6H2. The van der Waals surface area contributed by atoms with Gasteiger partial charge in [0.1, 0.15) is 11.4 Å². The Bertz CT molecular complexity index is 350. The maximum absolute atomic E-state index is 13.7. The van der Waals surface area contributed by atoms with Crippen molar-refractivity contribution in [1.82, 2.24) is 0 Å². The number of halogens is 2. The Morgan fingerprint density at radius 1 is 1.50 bits per heavy atom. The van der Waals surface area contributed by atoms with Gasteiger partial charge in [0.15, 0.2) is 0 Å². The highest BCUT2D eigenvalue weighted by Crippen LogP contribution is 2.38. The van der Waals surface area contributed by atoms with Crippen molar-refractivity contribution in [3.63, 3.8) is 0 Å². The molecule has 1 N–H and O–H groups in total. The van der Waals surface area contributed by atoms with Gasteiger partial charge < -0.3 is 5.11 Å². The molecule has 14 heavy (non-hydrogen) atoms. The van der Waals surface area contributed by atoms with Crippen LogP contribution in [-0.2, 0) is 5.60 Å². The van der Waals surface area contributed by atoms with Crippen molar-refractivity contribution in [1.29, 1.82) is 0 Å². The smallest absolute Gasteiger partial charge is 0.143 e. The minimum atomic E-state index is -0.974. The SMILES string of the molecule is OC1(c2cccc(Br)c2F)CCSC1. The van der Waals surface area contributed by atoms with E-state index in [2.05, 4.69) is 15.9 Å². The van der Waals surface area contributed by atoms with Gasteiger partial charge in [0.2, 0.25) is 0 Å². The van der Waals surface area contributed by atoms with Gasteiger partial charge in [0.25, 0.3) is 0 Å². The van der Waals surface area contributed by atoms with Crippen LogP contribution in [0.15, 0.2) is 22.7 Å². The lowest BCUT2D eigenvalue weighted by Gasteiger charge is -2.22. The van der Waals surface area contributed by atoms with Crippen molar-refractivity contribution >= 4 is 27.7 Å². The van der Waals surface area contributed by atoms with Crippen molar-refractivity contribution in [3.05, 3.63) is 34.1 Å². The van der Waals surface area contributed by atoms with E-state index in [0.29, 0.717) is 22.2 Å². The van der Waals surface area contributed by atoms with Gasteiger partial charge >= 0.3 is 0 Å². The lowest BCUT2D eigenvalue weighted by atomic mass is 9.93. The number of benzene rings is 1. The first-order valence-corrected chi connectivity index (χ1v) is 6.33. The first-order valence-electron chi connectivity index (χ1n) is 4.38. The summed E-state index contributed by atoms with van der Waals surface area (Å²) in [5.74, 6) is 1.14. The fraction of sp³-hybridized carbons (Fsp3) is 0.400. The van der Waals surface area contributed by atoms with E-state index in [1.165, 1.54) is 0 Å². The summed E-state index contributed by atoms with van der Waals surface area (Å²) in [6.45, 7) is 0. The molecule has 1 saturated heterocycles. The molecule has 1 fully saturated rings. The van der Waals surface area contributed by atoms with Gasteiger partial charge in [-0.05, 0) is 34.2 Å². The molecule has 0 amide bonds. The third-order valence-corrected chi connectivity index (χ3v) is 4.24. The van der Waals surface area contributed by atoms with E-state index in [4.69, 9.17) is 0 Å². The van der Waals surface area contributed by atoms with Crippen LogP contribution in [0.2, 0.25) is 0 Å². The van der Waals surface area contributed by atoms with E-state index >= 15 is 0 Å². The van der Waals surface area contributed by atoms with Crippen LogP contribution >= 0.6 is 27.7 Å². The van der Waals surface area contributed by atoms with E-state index in [-0.39, 0.29) is 5.82 Å². The third-order valence-electron chi connectivity index (χ3n) is 2.45. The first kappa shape index (κ1) is 10.5. The van der Waals surface area contributed by atoms with Crippen LogP contribution in [0.1, 0.15) is 12.0 Å². The van der Waals surface area contributed by atoms with E-state index < -0.39 is 5.60 Å². The van der Waals surface area contributed by atoms with Crippen molar-refractivity contribution < 1.29 is 9.50 Å². The summed E-state index contributed by atoms with van der Waals surface area (Å²) in [7, 11) is 0. The van der Waals surface area contributed by atoms with Crippen LogP contribution in [0.4, 0.5) is 4.39 Å². The van der Waals surface area contributed by atoms with Gasteiger partial charge in [-0.25, -0.2) is 4.39 Å². The van der Waals surface area contributed by atoms with Crippen molar-refractivity contribution in [3.8, 4) is 0 Å². The van der Waals surface area contributed by atoms with Gasteiger partial charge in [-0.2, -0.15) is 11.8 Å². The Labute approximate surface area is 94.8 Å². The number of hydrogen-bond acceptors (Lipinski definition) is 2. The topological polar surface area (TPSA) is 20.2 Å². The van der Waals surface area contributed by atoms with Crippen LogP contribution in [0.5, 0.6) is 0 Å². The number of aliphatic hydroxyl groups is 1. The Morgan fingerprint density at radius 2 is 2.29 bits per heavy atom. The highest BCUT2D eigenvalue weighted by molar-refractivity contribution is 9.10. The molecule has 1 atom stereocenters. The molecule has 1 aliphatic rings. The van der Waals surface area contributed by atoms with Gasteiger partial charge in [-0.15, -0.1) is 0 Å². The molecule has 1 aromatic rings. The molecular weight excluding hydrogens is 267 g/mol. The molecule has 0 aliphatic carbocycles. The third kappa shape index (κ3) is 1.71. The molecule has 1 nitrogen and oxygen atoms in total. The summed E-state index contributed by atoms with van der Waals surface area (Å²) in [6.07, 6.45) is 0.630. The summed E-state index contributed by atoms with van der Waals surface area (Å²) in [6, 6.07) is 5.06. The van der Waals surface area contributed by atoms with Crippen molar-refractivity contribution in [2.75, 3.05) is 11.5 Å². The molecule has 4 heteroatoms. The predicted octanol–water partition coefficient (Wildman–Crippen LogP) is 2.91. The molecule has 0 bridgehead atoms. The summed E-state index contributed by atoms with van der Waals surface area (Å²) < 4.78 is 14.1. The zero-order valence-corrected chi connectivity index (χ0v) is 9.87. The van der Waals surface area contributed by atoms with Gasteiger partial charge in [0, 0.05) is 11.3 Å². The summed E-state index contributed by atoms with van der Waals surface area (Å²) in [5, 5.41) is 10.2. The Kier molecular flexibility index (Phi) is 2.86. The molecule has 2 rings (SSSR count). The fourth-order valence-electron chi connectivity index (χ4n) is 1.63. The quantitative estimate of drug-likeness (QED) is 0.851. The minimum absolute atomic E-state index is 0.336. The number of hydrogen-bond donors (Lipinski definition) is 1. The van der Waals surface area contributed by atoms with E-state index in [0.717, 1.165) is 5.75 Å². The van der Waals surface area contributed by atoms with E-state index in [1.54, 1.807) is 30.0 Å². The second-order valence-electron chi connectivity index (χ2n) is 3.44. The largest absolute Gasteiger partial charge is 0.384 e. The van der Waals surface area contributed by atoms with Crippen molar-refractivity contribution in [2.45, 2.75) is 12.0 Å². The predicted molar refractivity (Wildman–Crippen MR) is 59.9 cm³/mol. The van der Waals surface area contributed by atoms with Gasteiger partial charge in [-0.1, -0.05) is 12.1 Å². The molecule has 0 saturated carbocycles. The Balaban J connectivity index is 2.45. The number of thioether (sulfide) groups is 1. The molecule has 1 aliphatic heterocycles. The van der Waals surface area contributed by atoms with Crippen LogP contribution in [0.3, 0.4) is 0 Å². The van der Waals surface area contributed by atoms with Crippen LogP contribution in [0.25, 0.3) is 0 Å². The highest BCUT2D eigenvalue weighted by atomic mass is 79.9. The van der Waals surface area contributed by atoms with Gasteiger partial charge in [-0.3, -0.25) is 0 Å². The van der Waals surface area contributed by atoms with Gasteiger partial charge in [0.05, 0.1) is 4.47 Å². The van der Waals surface area contributed by atoms with Crippen LogP contribution in [0, 0.1) is 5.82 Å². The molecular formula is C10H10BrFOS. The Morgan fingerprint density at radius 3 is 2.93 bits per heavy atom. The lowest BCUT2D eigenvalue weighted by molar-refractivity contribution is 0.0617. The van der Waals surface area contributed by atoms with Crippen molar-refractivity contribution in [2.24, 2.45) is 0 Å². The Hall–Kier alpha value is -0.0600. The maximum Gasteiger partial charge on any atom is 0.143 e. The average Bonchev–Trinajstić information content (AvgIpc) is 2.58. The fourth-order valence-corrected chi connectivity index (χ4v) is 3.26. The molecule has 1 unspecified atom stereocenters. The molecule has 1 heterocycles. The minimum Gasteiger partial charge on any atom is -0.384 e. The zero-order chi connectivity index (χ0) is 10.2.